The second kappa shape index (κ2) is 4.89. The number of anilines is 1. The molecule has 1 aromatic heterocycles. The Kier molecular flexibility index (Phi) is 2.94. The number of nitrogens with zero attached hydrogens (tertiary/aromatic N) is 2. The summed E-state index contributed by atoms with van der Waals surface area (Å²) in [5, 5.41) is 14.2. The van der Waals surface area contributed by atoms with Crippen LogP contribution in [0.5, 0.6) is 0 Å². The number of H-pyrrole nitrogens is 1. The summed E-state index contributed by atoms with van der Waals surface area (Å²) in [4.78, 5) is 10.6. The highest BCUT2D eigenvalue weighted by atomic mass is 16.3. The second-order valence-electron chi connectivity index (χ2n) is 4.23. The number of hydrogen-bond acceptors (Lipinski definition) is 4. The molecule has 94 valence electrons. The lowest BCUT2D eigenvalue weighted by molar-refractivity contribution is 1.06. The number of rotatable bonds is 4. The van der Waals surface area contributed by atoms with E-state index in [1.165, 1.54) is 5.56 Å². The van der Waals surface area contributed by atoms with E-state index in [1.807, 2.05) is 30.3 Å². The molecule has 0 aliphatic carbocycles. The summed E-state index contributed by atoms with van der Waals surface area (Å²) in [6.07, 6.45) is 0. The van der Waals surface area contributed by atoms with Crippen molar-refractivity contribution in [2.24, 2.45) is 5.18 Å². The third kappa shape index (κ3) is 2.30. The Morgan fingerprint density at radius 1 is 1.16 bits per heavy atom. The Labute approximate surface area is 109 Å². The first-order valence-electron chi connectivity index (χ1n) is 5.96. The molecule has 2 N–H and O–H groups in total. The van der Waals surface area contributed by atoms with Gasteiger partial charge in [-0.15, -0.1) is 4.91 Å². The fraction of sp³-hybridized carbons (Fsp3) is 0.0714. The van der Waals surface area contributed by atoms with Gasteiger partial charge in [0.15, 0.2) is 5.82 Å². The van der Waals surface area contributed by atoms with Gasteiger partial charge in [0.2, 0.25) is 0 Å². The lowest BCUT2D eigenvalue weighted by Crippen LogP contribution is -1.99. The number of aromatic nitrogens is 2. The van der Waals surface area contributed by atoms with Gasteiger partial charge in [-0.3, -0.25) is 5.10 Å². The molecule has 0 unspecified atom stereocenters. The third-order valence-corrected chi connectivity index (χ3v) is 2.95. The molecule has 5 nitrogen and oxygen atoms in total. The van der Waals surface area contributed by atoms with Crippen LogP contribution in [0.15, 0.2) is 53.7 Å². The molecule has 2 aromatic carbocycles. The molecular formula is C14H12N4O. The summed E-state index contributed by atoms with van der Waals surface area (Å²) in [6.45, 7) is 0.680. The van der Waals surface area contributed by atoms with Crippen molar-refractivity contribution in [1.82, 2.24) is 10.2 Å². The summed E-state index contributed by atoms with van der Waals surface area (Å²) in [5.41, 5.74) is 2.45. The molecule has 19 heavy (non-hydrogen) atoms. The summed E-state index contributed by atoms with van der Waals surface area (Å²) < 4.78 is 0. The van der Waals surface area contributed by atoms with Gasteiger partial charge in [-0.1, -0.05) is 30.3 Å². The maximum absolute atomic E-state index is 10.6. The summed E-state index contributed by atoms with van der Waals surface area (Å²) in [5.74, 6) is 0.726. The Bertz CT molecular complexity index is 706. The van der Waals surface area contributed by atoms with Crippen molar-refractivity contribution >= 4 is 22.4 Å². The average molecular weight is 252 g/mol. The van der Waals surface area contributed by atoms with E-state index in [4.69, 9.17) is 0 Å². The molecule has 0 saturated carbocycles. The van der Waals surface area contributed by atoms with Gasteiger partial charge in [-0.05, 0) is 28.9 Å². The first-order chi connectivity index (χ1) is 9.36. The first kappa shape index (κ1) is 11.4. The molecule has 0 atom stereocenters. The van der Waals surface area contributed by atoms with E-state index in [1.54, 1.807) is 18.2 Å². The Hall–Kier alpha value is -2.69. The van der Waals surface area contributed by atoms with Crippen LogP contribution in [-0.2, 0) is 6.54 Å². The van der Waals surface area contributed by atoms with Crippen LogP contribution >= 0.6 is 0 Å². The second-order valence-corrected chi connectivity index (χ2v) is 4.23. The van der Waals surface area contributed by atoms with Gasteiger partial charge in [-0.25, -0.2) is 0 Å². The predicted octanol–water partition coefficient (Wildman–Crippen LogP) is 3.57. The molecule has 0 aliphatic rings. The largest absolute Gasteiger partial charge is 0.364 e. The molecule has 0 spiro atoms. The van der Waals surface area contributed by atoms with Crippen molar-refractivity contribution in [3.63, 3.8) is 0 Å². The zero-order valence-electron chi connectivity index (χ0n) is 10.1. The number of benzene rings is 2. The van der Waals surface area contributed by atoms with E-state index in [9.17, 15) is 4.91 Å². The van der Waals surface area contributed by atoms with Crippen LogP contribution in [0.2, 0.25) is 0 Å². The SMILES string of the molecule is O=Nc1ccc2[nH]nc(NCc3ccccc3)c2c1. The lowest BCUT2D eigenvalue weighted by Gasteiger charge is -2.03. The van der Waals surface area contributed by atoms with E-state index in [0.29, 0.717) is 12.2 Å². The summed E-state index contributed by atoms with van der Waals surface area (Å²) >= 11 is 0. The van der Waals surface area contributed by atoms with Crippen LogP contribution in [0.1, 0.15) is 5.56 Å². The summed E-state index contributed by atoms with van der Waals surface area (Å²) in [7, 11) is 0. The summed E-state index contributed by atoms with van der Waals surface area (Å²) in [6, 6.07) is 15.2. The first-order valence-corrected chi connectivity index (χ1v) is 5.96. The van der Waals surface area contributed by atoms with Gasteiger partial charge in [0.25, 0.3) is 0 Å². The highest BCUT2D eigenvalue weighted by molar-refractivity contribution is 5.91. The normalized spacial score (nSPS) is 10.5. The quantitative estimate of drug-likeness (QED) is 0.697. The molecule has 0 aliphatic heterocycles. The third-order valence-electron chi connectivity index (χ3n) is 2.95. The maximum Gasteiger partial charge on any atom is 0.156 e. The smallest absolute Gasteiger partial charge is 0.156 e. The minimum atomic E-state index is 0.400. The highest BCUT2D eigenvalue weighted by Crippen LogP contribution is 2.25. The number of nitroso groups, excluding NO2 is 1. The number of hydrogen-bond donors (Lipinski definition) is 2. The monoisotopic (exact) mass is 252 g/mol. The Balaban J connectivity index is 1.86. The minimum absolute atomic E-state index is 0.400. The molecule has 1 heterocycles. The molecule has 0 amide bonds. The van der Waals surface area contributed by atoms with Crippen LogP contribution in [-0.4, -0.2) is 10.2 Å². The van der Waals surface area contributed by atoms with E-state index < -0.39 is 0 Å². The number of fused-ring (bicyclic) bond motifs is 1. The average Bonchev–Trinajstić information content (AvgIpc) is 2.88. The maximum atomic E-state index is 10.6. The molecule has 5 heteroatoms. The molecule has 0 radical (unpaired) electrons. The highest BCUT2D eigenvalue weighted by Gasteiger charge is 2.06. The van der Waals surface area contributed by atoms with Crippen molar-refractivity contribution in [2.45, 2.75) is 6.54 Å². The van der Waals surface area contributed by atoms with Crippen molar-refractivity contribution in [3.05, 3.63) is 59.0 Å². The number of nitrogens with one attached hydrogen (secondary N) is 2. The van der Waals surface area contributed by atoms with Gasteiger partial charge >= 0.3 is 0 Å². The zero-order chi connectivity index (χ0) is 13.1. The van der Waals surface area contributed by atoms with E-state index in [2.05, 4.69) is 20.7 Å². The molecule has 0 bridgehead atoms. The van der Waals surface area contributed by atoms with Crippen LogP contribution < -0.4 is 5.32 Å². The molecule has 0 fully saturated rings. The van der Waals surface area contributed by atoms with Crippen molar-refractivity contribution < 1.29 is 0 Å². The Morgan fingerprint density at radius 2 is 2.00 bits per heavy atom. The lowest BCUT2D eigenvalue weighted by atomic mass is 10.2. The van der Waals surface area contributed by atoms with Crippen LogP contribution in [0.25, 0.3) is 10.9 Å². The molecule has 0 saturated heterocycles. The van der Waals surface area contributed by atoms with Crippen molar-refractivity contribution in [1.29, 1.82) is 0 Å². The van der Waals surface area contributed by atoms with E-state index >= 15 is 0 Å². The standard InChI is InChI=1S/C14H12N4O/c19-18-11-6-7-13-12(8-11)14(17-16-13)15-9-10-4-2-1-3-5-10/h1-8H,9H2,(H2,15,16,17). The van der Waals surface area contributed by atoms with Gasteiger partial charge in [0.1, 0.15) is 5.69 Å². The fourth-order valence-corrected chi connectivity index (χ4v) is 1.98. The molecule has 3 aromatic rings. The van der Waals surface area contributed by atoms with E-state index in [-0.39, 0.29) is 0 Å². The Morgan fingerprint density at radius 3 is 2.79 bits per heavy atom. The van der Waals surface area contributed by atoms with Gasteiger partial charge in [0.05, 0.1) is 5.52 Å². The predicted molar refractivity (Wildman–Crippen MR) is 75.3 cm³/mol. The fourth-order valence-electron chi connectivity index (χ4n) is 1.98. The number of aromatic amines is 1. The van der Waals surface area contributed by atoms with Crippen LogP contribution in [0, 0.1) is 4.91 Å². The van der Waals surface area contributed by atoms with E-state index in [0.717, 1.165) is 16.7 Å². The van der Waals surface area contributed by atoms with Gasteiger partial charge < -0.3 is 5.32 Å². The zero-order valence-corrected chi connectivity index (χ0v) is 10.1. The topological polar surface area (TPSA) is 70.1 Å². The molecular weight excluding hydrogens is 240 g/mol. The van der Waals surface area contributed by atoms with Crippen molar-refractivity contribution in [3.8, 4) is 0 Å². The molecule has 3 rings (SSSR count). The van der Waals surface area contributed by atoms with Crippen molar-refractivity contribution in [2.75, 3.05) is 5.32 Å². The van der Waals surface area contributed by atoms with Gasteiger partial charge in [-0.2, -0.15) is 5.10 Å². The van der Waals surface area contributed by atoms with Crippen LogP contribution in [0.4, 0.5) is 11.5 Å². The van der Waals surface area contributed by atoms with Gasteiger partial charge in [0, 0.05) is 11.9 Å². The van der Waals surface area contributed by atoms with Crippen LogP contribution in [0.3, 0.4) is 0 Å². The minimum Gasteiger partial charge on any atom is -0.364 e.